The van der Waals surface area contributed by atoms with Gasteiger partial charge in [-0.2, -0.15) is 0 Å². The molecular formula is C2H9AlCaO6. The van der Waals surface area contributed by atoms with Crippen LogP contribution in [0.1, 0.15) is 2.85 Å². The van der Waals surface area contributed by atoms with Crippen LogP contribution >= 0.6 is 0 Å². The summed E-state index contributed by atoms with van der Waals surface area (Å²) in [4.78, 5) is 17.1. The number of hydrogen-bond acceptors (Lipinski definition) is 2. The molecule has 0 spiro atoms. The van der Waals surface area contributed by atoms with Gasteiger partial charge in [0.1, 0.15) is 0 Å². The van der Waals surface area contributed by atoms with Crippen LogP contribution in [0.15, 0.2) is 0 Å². The summed E-state index contributed by atoms with van der Waals surface area (Å²) < 4.78 is 0. The van der Waals surface area contributed by atoms with Crippen molar-refractivity contribution in [1.29, 1.82) is 0 Å². The summed E-state index contributed by atoms with van der Waals surface area (Å²) in [6.45, 7) is 0. The molecule has 0 saturated heterocycles. The van der Waals surface area contributed by atoms with Crippen molar-refractivity contribution in [3.63, 3.8) is 0 Å². The van der Waals surface area contributed by atoms with E-state index in [1.54, 1.807) is 0 Å². The van der Waals surface area contributed by atoms with Gasteiger partial charge in [0.05, 0.1) is 0 Å². The van der Waals surface area contributed by atoms with Crippen LogP contribution in [-0.4, -0.2) is 87.8 Å². The van der Waals surface area contributed by atoms with Crippen molar-refractivity contribution in [2.75, 3.05) is 0 Å². The Labute approximate surface area is 99.6 Å². The second-order valence-corrected chi connectivity index (χ2v) is 0.565. The topological polar surface area (TPSA) is 115 Å². The molecule has 0 rings (SSSR count). The molecule has 4 N–H and O–H groups in total. The van der Waals surface area contributed by atoms with E-state index >= 15 is 0 Å². The fourth-order valence-corrected chi connectivity index (χ4v) is 0. The second-order valence-electron chi connectivity index (χ2n) is 0.565. The van der Waals surface area contributed by atoms with E-state index in [0.717, 1.165) is 0 Å². The summed E-state index contributed by atoms with van der Waals surface area (Å²) in [5.74, 6) is 0. The third-order valence-corrected chi connectivity index (χ3v) is 0. The Balaban J connectivity index is -0.0000000112. The normalized spacial score (nSPS) is 4.80. The van der Waals surface area contributed by atoms with E-state index in [2.05, 4.69) is 0 Å². The molecule has 6 nitrogen and oxygen atoms in total. The molecule has 0 aliphatic heterocycles. The SMILES string of the molecule is O=C(O)O.O=C(O)O.[AlH3].[Ca+2].[H-].[H-]. The van der Waals surface area contributed by atoms with Crippen LogP contribution < -0.4 is 0 Å². The first-order valence-electron chi connectivity index (χ1n) is 1.30. The molecule has 0 saturated carbocycles. The first-order valence-corrected chi connectivity index (χ1v) is 1.30. The molecule has 8 heteroatoms. The molecule has 0 amide bonds. The summed E-state index contributed by atoms with van der Waals surface area (Å²) in [7, 11) is 0. The molecule has 0 bridgehead atoms. The van der Waals surface area contributed by atoms with Crippen molar-refractivity contribution >= 4 is 67.4 Å². The molecule has 0 unspecified atom stereocenters. The number of carboxylic acid groups (broad SMARTS) is 4. The van der Waals surface area contributed by atoms with Crippen LogP contribution in [0.4, 0.5) is 9.59 Å². The van der Waals surface area contributed by atoms with Crippen LogP contribution in [-0.2, 0) is 0 Å². The molecule has 0 heterocycles. The molecular weight excluding hydrogens is 187 g/mol. The Hall–Kier alpha value is 0.332. The van der Waals surface area contributed by atoms with Crippen molar-refractivity contribution in [3.8, 4) is 0 Å². The molecule has 10 heavy (non-hydrogen) atoms. The van der Waals surface area contributed by atoms with E-state index in [1.165, 1.54) is 0 Å². The predicted molar refractivity (Wildman–Crippen MR) is 39.2 cm³/mol. The standard InChI is InChI=1S/2CH2O3.Al.Ca.5H/c2*2-1(3)4;;;;;;;/h2*(H2,2,3,4);;;;;;;/q;;;+2;;;;2*-1. The summed E-state index contributed by atoms with van der Waals surface area (Å²) in [5, 5.41) is 27.9. The molecule has 0 aliphatic rings. The first-order chi connectivity index (χ1) is 3.46. The van der Waals surface area contributed by atoms with Crippen LogP contribution in [0.3, 0.4) is 0 Å². The van der Waals surface area contributed by atoms with E-state index < -0.39 is 12.3 Å². The van der Waals surface area contributed by atoms with E-state index in [1.807, 2.05) is 0 Å². The molecule has 0 aliphatic carbocycles. The Morgan fingerprint density at radius 2 is 0.900 bits per heavy atom. The maximum absolute atomic E-state index is 8.56. The number of hydrogen-bond donors (Lipinski definition) is 4. The van der Waals surface area contributed by atoms with E-state index in [-0.39, 0.29) is 58.0 Å². The van der Waals surface area contributed by atoms with Gasteiger partial charge in [0.2, 0.25) is 0 Å². The Kier molecular flexibility index (Phi) is 36.3. The third kappa shape index (κ3) is 4060. The number of rotatable bonds is 0. The maximum atomic E-state index is 8.56. The third-order valence-electron chi connectivity index (χ3n) is 0. The second kappa shape index (κ2) is 16.2. The van der Waals surface area contributed by atoms with E-state index in [4.69, 9.17) is 30.0 Å². The minimum absolute atomic E-state index is 0. The molecule has 0 aromatic heterocycles. The quantitative estimate of drug-likeness (QED) is 0.373. The predicted octanol–water partition coefficient (Wildman–Crippen LogP) is -0.895. The molecule has 58 valence electrons. The zero-order chi connectivity index (χ0) is 7.15. The van der Waals surface area contributed by atoms with Crippen LogP contribution in [0.25, 0.3) is 0 Å². The van der Waals surface area contributed by atoms with Gasteiger partial charge in [-0.1, -0.05) is 0 Å². The van der Waals surface area contributed by atoms with Gasteiger partial charge in [0, 0.05) is 0 Å². The van der Waals surface area contributed by atoms with Crippen molar-refractivity contribution in [3.05, 3.63) is 0 Å². The molecule has 0 aromatic carbocycles. The van der Waals surface area contributed by atoms with Crippen LogP contribution in [0.5, 0.6) is 0 Å². The van der Waals surface area contributed by atoms with Crippen molar-refractivity contribution < 1.29 is 32.9 Å². The van der Waals surface area contributed by atoms with Crippen molar-refractivity contribution in [1.82, 2.24) is 0 Å². The van der Waals surface area contributed by atoms with Gasteiger partial charge in [0.15, 0.2) is 17.4 Å². The van der Waals surface area contributed by atoms with Gasteiger partial charge in [0.25, 0.3) is 0 Å². The van der Waals surface area contributed by atoms with E-state index in [9.17, 15) is 0 Å². The van der Waals surface area contributed by atoms with E-state index in [0.29, 0.717) is 0 Å². The van der Waals surface area contributed by atoms with Crippen LogP contribution in [0, 0.1) is 0 Å². The fraction of sp³-hybridized carbons (Fsp3) is 0. The number of carbonyl (C=O) groups is 2. The van der Waals surface area contributed by atoms with Crippen LogP contribution in [0.2, 0.25) is 0 Å². The molecule has 0 fully saturated rings. The Morgan fingerprint density at radius 1 is 0.900 bits per heavy atom. The maximum Gasteiger partial charge on any atom is 2.00 e. The Morgan fingerprint density at radius 3 is 0.900 bits per heavy atom. The zero-order valence-corrected chi connectivity index (χ0v) is 6.52. The Bertz CT molecular complexity index is 81.5. The van der Waals surface area contributed by atoms with Crippen molar-refractivity contribution in [2.24, 2.45) is 0 Å². The van der Waals surface area contributed by atoms with Gasteiger partial charge in [-0.15, -0.1) is 0 Å². The zero-order valence-electron chi connectivity index (χ0n) is 6.31. The minimum atomic E-state index is -1.83. The molecule has 0 aromatic rings. The fourth-order valence-electron chi connectivity index (χ4n) is 0. The van der Waals surface area contributed by atoms with Gasteiger partial charge in [-0.05, 0) is 0 Å². The largest absolute Gasteiger partial charge is 2.00 e. The van der Waals surface area contributed by atoms with Crippen molar-refractivity contribution in [2.45, 2.75) is 0 Å². The summed E-state index contributed by atoms with van der Waals surface area (Å²) in [6, 6.07) is 0. The summed E-state index contributed by atoms with van der Waals surface area (Å²) in [5.41, 5.74) is 0. The summed E-state index contributed by atoms with van der Waals surface area (Å²) >= 11 is 0. The minimum Gasteiger partial charge on any atom is -1.00 e. The average Bonchev–Trinajstić information content (AvgIpc) is 1.25. The summed E-state index contributed by atoms with van der Waals surface area (Å²) in [6.07, 6.45) is -3.67. The molecule has 0 atom stereocenters. The van der Waals surface area contributed by atoms with Gasteiger partial charge >= 0.3 is 50.0 Å². The van der Waals surface area contributed by atoms with Gasteiger partial charge in [-0.3, -0.25) is 0 Å². The van der Waals surface area contributed by atoms with Gasteiger partial charge in [-0.25, -0.2) is 9.59 Å². The first kappa shape index (κ1) is 22.4. The molecule has 0 radical (unpaired) electrons. The smallest absolute Gasteiger partial charge is 1.00 e. The monoisotopic (exact) mass is 196 g/mol. The van der Waals surface area contributed by atoms with Gasteiger partial charge < -0.3 is 23.3 Å². The average molecular weight is 196 g/mol.